The number of benzene rings is 1. The Hall–Kier alpha value is -1.99. The maximum Gasteiger partial charge on any atom is 0.237 e. The molecule has 0 bridgehead atoms. The highest BCUT2D eigenvalue weighted by atomic mass is 32.1. The average molecular weight is 346 g/mol. The molecule has 1 aromatic carbocycles. The molecule has 1 aromatic heterocycles. The van der Waals surface area contributed by atoms with Crippen LogP contribution in [0, 0.1) is 6.92 Å². The number of carbonyl (C=O) groups is 2. The van der Waals surface area contributed by atoms with Crippen molar-refractivity contribution in [3.05, 3.63) is 23.8 Å². The molecule has 0 radical (unpaired) electrons. The summed E-state index contributed by atoms with van der Waals surface area (Å²) in [4.78, 5) is 28.2. The fraction of sp³-hybridized carbons (Fsp3) is 0.471. The molecule has 3 N–H and O–H groups in total. The van der Waals surface area contributed by atoms with Crippen molar-refractivity contribution < 1.29 is 9.59 Å². The van der Waals surface area contributed by atoms with Crippen molar-refractivity contribution in [2.24, 2.45) is 0 Å². The van der Waals surface area contributed by atoms with Crippen LogP contribution in [-0.2, 0) is 9.59 Å². The highest BCUT2D eigenvalue weighted by Gasteiger charge is 2.21. The van der Waals surface area contributed by atoms with Gasteiger partial charge in [-0.05, 0) is 50.4 Å². The molecule has 0 saturated carbocycles. The van der Waals surface area contributed by atoms with Crippen molar-refractivity contribution in [1.29, 1.82) is 0 Å². The zero-order valence-corrected chi connectivity index (χ0v) is 14.5. The molecule has 6 nitrogen and oxygen atoms in total. The van der Waals surface area contributed by atoms with Crippen LogP contribution in [0.1, 0.15) is 31.2 Å². The molecular weight excluding hydrogens is 324 g/mol. The van der Waals surface area contributed by atoms with Gasteiger partial charge >= 0.3 is 0 Å². The van der Waals surface area contributed by atoms with E-state index in [-0.39, 0.29) is 17.9 Å². The van der Waals surface area contributed by atoms with E-state index in [1.165, 1.54) is 16.9 Å². The summed E-state index contributed by atoms with van der Waals surface area (Å²) in [6, 6.07) is 5.97. The summed E-state index contributed by atoms with van der Waals surface area (Å²) in [5, 5.41) is 9.50. The standard InChI is InChI=1S/C17H22N4O2S/c1-11-6-7-12-14(10-11)24-17(20-12)21-15(22)5-3-9-19-16(23)13-4-2-8-18-13/h6-7,10,13,18H,2-5,8-9H2,1H3,(H,19,23)(H,20,21,22)/t13-/m0/s1. The lowest BCUT2D eigenvalue weighted by Gasteiger charge is -2.10. The van der Waals surface area contributed by atoms with E-state index in [2.05, 4.69) is 27.0 Å². The van der Waals surface area contributed by atoms with Crippen molar-refractivity contribution in [3.63, 3.8) is 0 Å². The summed E-state index contributed by atoms with van der Waals surface area (Å²) < 4.78 is 1.07. The lowest BCUT2D eigenvalue weighted by molar-refractivity contribution is -0.123. The molecule has 0 aliphatic carbocycles. The monoisotopic (exact) mass is 346 g/mol. The Bertz CT molecular complexity index is 737. The fourth-order valence-corrected chi connectivity index (χ4v) is 3.74. The number of thiazole rings is 1. The molecule has 2 aromatic rings. The zero-order valence-electron chi connectivity index (χ0n) is 13.7. The Morgan fingerprint density at radius 3 is 3.08 bits per heavy atom. The van der Waals surface area contributed by atoms with E-state index in [4.69, 9.17) is 0 Å². The van der Waals surface area contributed by atoms with Crippen molar-refractivity contribution in [2.75, 3.05) is 18.4 Å². The van der Waals surface area contributed by atoms with E-state index in [9.17, 15) is 9.59 Å². The third kappa shape index (κ3) is 4.30. The first-order valence-electron chi connectivity index (χ1n) is 8.30. The Morgan fingerprint density at radius 1 is 1.42 bits per heavy atom. The van der Waals surface area contributed by atoms with Gasteiger partial charge in [-0.1, -0.05) is 17.4 Å². The summed E-state index contributed by atoms with van der Waals surface area (Å²) in [5.74, 6) is -0.0338. The number of anilines is 1. The Labute approximate surface area is 145 Å². The molecule has 1 aliphatic heterocycles. The average Bonchev–Trinajstić information content (AvgIpc) is 3.20. The Kier molecular flexibility index (Phi) is 5.42. The first-order chi connectivity index (χ1) is 11.6. The van der Waals surface area contributed by atoms with Gasteiger partial charge in [0, 0.05) is 13.0 Å². The maximum absolute atomic E-state index is 12.0. The molecule has 0 spiro atoms. The number of fused-ring (bicyclic) bond motifs is 1. The number of aryl methyl sites for hydroxylation is 1. The van der Waals surface area contributed by atoms with Gasteiger partial charge in [0.2, 0.25) is 11.8 Å². The van der Waals surface area contributed by atoms with E-state index in [1.54, 1.807) is 0 Å². The van der Waals surface area contributed by atoms with Crippen LogP contribution in [0.3, 0.4) is 0 Å². The molecule has 2 amide bonds. The molecule has 24 heavy (non-hydrogen) atoms. The lowest BCUT2D eigenvalue weighted by Crippen LogP contribution is -2.40. The SMILES string of the molecule is Cc1ccc2nc(NC(=O)CCCNC(=O)[C@@H]3CCCN3)sc2c1. The minimum atomic E-state index is -0.0704. The largest absolute Gasteiger partial charge is 0.355 e. The van der Waals surface area contributed by atoms with Crippen LogP contribution < -0.4 is 16.0 Å². The van der Waals surface area contributed by atoms with Crippen LogP contribution in [0.2, 0.25) is 0 Å². The molecule has 1 aliphatic rings. The summed E-state index contributed by atoms with van der Waals surface area (Å²) in [5.41, 5.74) is 2.08. The van der Waals surface area contributed by atoms with E-state index >= 15 is 0 Å². The number of carbonyl (C=O) groups excluding carboxylic acids is 2. The molecule has 7 heteroatoms. The molecule has 2 heterocycles. The third-order valence-electron chi connectivity index (χ3n) is 4.05. The van der Waals surface area contributed by atoms with Gasteiger partial charge in [-0.25, -0.2) is 4.98 Å². The topological polar surface area (TPSA) is 83.1 Å². The summed E-state index contributed by atoms with van der Waals surface area (Å²) in [6.45, 7) is 3.46. The van der Waals surface area contributed by atoms with Gasteiger partial charge in [0.05, 0.1) is 16.3 Å². The van der Waals surface area contributed by atoms with Gasteiger partial charge in [0.15, 0.2) is 5.13 Å². The Morgan fingerprint density at radius 2 is 2.29 bits per heavy atom. The van der Waals surface area contributed by atoms with Gasteiger partial charge in [0.25, 0.3) is 0 Å². The van der Waals surface area contributed by atoms with E-state index in [1.807, 2.05) is 19.1 Å². The fourth-order valence-electron chi connectivity index (χ4n) is 2.76. The second kappa shape index (κ2) is 7.72. The second-order valence-electron chi connectivity index (χ2n) is 6.08. The molecule has 3 rings (SSSR count). The number of nitrogens with zero attached hydrogens (tertiary/aromatic N) is 1. The summed E-state index contributed by atoms with van der Waals surface area (Å²) >= 11 is 1.48. The maximum atomic E-state index is 12.0. The van der Waals surface area contributed by atoms with Gasteiger partial charge < -0.3 is 16.0 Å². The first-order valence-corrected chi connectivity index (χ1v) is 9.11. The van der Waals surface area contributed by atoms with Crippen molar-refractivity contribution in [1.82, 2.24) is 15.6 Å². The smallest absolute Gasteiger partial charge is 0.237 e. The highest BCUT2D eigenvalue weighted by molar-refractivity contribution is 7.22. The quantitative estimate of drug-likeness (QED) is 0.700. The van der Waals surface area contributed by atoms with Gasteiger partial charge in [0.1, 0.15) is 0 Å². The predicted octanol–water partition coefficient (Wildman–Crippen LogP) is 2.19. The van der Waals surface area contributed by atoms with Crippen LogP contribution in [0.25, 0.3) is 10.2 Å². The number of hydrogen-bond donors (Lipinski definition) is 3. The number of nitrogens with one attached hydrogen (secondary N) is 3. The van der Waals surface area contributed by atoms with Crippen LogP contribution in [0.4, 0.5) is 5.13 Å². The van der Waals surface area contributed by atoms with Gasteiger partial charge in [-0.15, -0.1) is 0 Å². The minimum absolute atomic E-state index is 0.0365. The molecular formula is C17H22N4O2S. The number of amides is 2. The van der Waals surface area contributed by atoms with Crippen LogP contribution in [-0.4, -0.2) is 35.9 Å². The van der Waals surface area contributed by atoms with E-state index in [0.29, 0.717) is 24.5 Å². The van der Waals surface area contributed by atoms with Crippen molar-refractivity contribution in [3.8, 4) is 0 Å². The highest BCUT2D eigenvalue weighted by Crippen LogP contribution is 2.26. The van der Waals surface area contributed by atoms with Gasteiger partial charge in [-0.2, -0.15) is 0 Å². The van der Waals surface area contributed by atoms with Crippen molar-refractivity contribution in [2.45, 2.75) is 38.6 Å². The molecule has 1 fully saturated rings. The van der Waals surface area contributed by atoms with E-state index < -0.39 is 0 Å². The van der Waals surface area contributed by atoms with Crippen molar-refractivity contribution >= 4 is 38.5 Å². The number of hydrogen-bond acceptors (Lipinski definition) is 5. The van der Waals surface area contributed by atoms with Crippen LogP contribution in [0.5, 0.6) is 0 Å². The predicted molar refractivity (Wildman–Crippen MR) is 96.3 cm³/mol. The summed E-state index contributed by atoms with van der Waals surface area (Å²) in [6.07, 6.45) is 2.92. The van der Waals surface area contributed by atoms with Crippen LogP contribution in [0.15, 0.2) is 18.2 Å². The minimum Gasteiger partial charge on any atom is -0.355 e. The molecule has 1 atom stereocenters. The van der Waals surface area contributed by atoms with Crippen LogP contribution >= 0.6 is 11.3 Å². The normalized spacial score (nSPS) is 17.1. The second-order valence-corrected chi connectivity index (χ2v) is 7.11. The molecule has 0 unspecified atom stereocenters. The first kappa shape index (κ1) is 16.9. The third-order valence-corrected chi connectivity index (χ3v) is 4.98. The van der Waals surface area contributed by atoms with Gasteiger partial charge in [-0.3, -0.25) is 9.59 Å². The zero-order chi connectivity index (χ0) is 16.9. The lowest BCUT2D eigenvalue weighted by atomic mass is 10.2. The Balaban J connectivity index is 1.41. The molecule has 128 valence electrons. The number of rotatable bonds is 6. The molecule has 1 saturated heterocycles. The number of aromatic nitrogens is 1. The summed E-state index contributed by atoms with van der Waals surface area (Å²) in [7, 11) is 0. The van der Waals surface area contributed by atoms with E-state index in [0.717, 1.165) is 29.6 Å².